The Morgan fingerprint density at radius 2 is 0.913 bits per heavy atom. The van der Waals surface area contributed by atoms with Crippen molar-refractivity contribution in [2.24, 2.45) is 0 Å². The number of esters is 2. The van der Waals surface area contributed by atoms with E-state index in [-0.39, 0.29) is 74.4 Å². The van der Waals surface area contributed by atoms with Crippen LogP contribution in [0.1, 0.15) is 61.8 Å². The Balaban J connectivity index is 1.23. The van der Waals surface area contributed by atoms with E-state index in [4.69, 9.17) is 48.9 Å². The first kappa shape index (κ1) is 54.2. The molecule has 4 fully saturated rings. The fraction of sp³-hybridized carbons (Fsp3) is 0.652. The molecule has 0 bridgehead atoms. The molecule has 384 valence electrons. The summed E-state index contributed by atoms with van der Waals surface area (Å²) in [4.78, 5) is 65.2. The third-order valence-corrected chi connectivity index (χ3v) is 14.1. The lowest BCUT2D eigenvalue weighted by atomic mass is 9.98. The Morgan fingerprint density at radius 3 is 1.22 bits per heavy atom. The Kier molecular flexibility index (Phi) is 18.8. The lowest BCUT2D eigenvalue weighted by Gasteiger charge is -2.43. The van der Waals surface area contributed by atoms with Crippen molar-refractivity contribution >= 4 is 58.3 Å². The number of benzene rings is 2. The zero-order valence-corrected chi connectivity index (χ0v) is 40.4. The number of likely N-dealkylation sites (tertiary alicyclic amines) is 2. The highest BCUT2D eigenvalue weighted by Gasteiger charge is 2.41. The molecule has 4 N–H and O–H groups in total. The average Bonchev–Trinajstić information content (AvgIpc) is 3.30. The van der Waals surface area contributed by atoms with Crippen LogP contribution >= 0.6 is 23.2 Å². The molecule has 2 atom stereocenters. The number of hydrogen-bond acceptors (Lipinski definition) is 13. The Bertz CT molecular complexity index is 1960. The van der Waals surface area contributed by atoms with E-state index in [1.807, 2.05) is 9.80 Å². The summed E-state index contributed by atoms with van der Waals surface area (Å²) in [5.74, 6) is -1.84. The predicted octanol–water partition coefficient (Wildman–Crippen LogP) is 5.08. The molecule has 2 aromatic carbocycles. The molecule has 0 saturated carbocycles. The van der Waals surface area contributed by atoms with Gasteiger partial charge >= 0.3 is 24.3 Å². The second-order valence-electron chi connectivity index (χ2n) is 17.9. The molecule has 0 radical (unpaired) electrons. The van der Waals surface area contributed by atoms with Crippen molar-refractivity contribution in [1.29, 1.82) is 0 Å². The summed E-state index contributed by atoms with van der Waals surface area (Å²) < 4.78 is 102. The number of halogens is 8. The molecular formula is C46H62Cl2F6N8O7. The quantitative estimate of drug-likeness (QED) is 0.130. The maximum atomic E-state index is 14.7. The number of carbonyl (C=O) groups is 4. The standard InChI is InChI=1S/C46H62Cl2F6N8O7/c1-3-67-39(63)27-57-13-17-59(18-14-57)31-5-9-61(10-6-31)43(65)37(25-29-21-33(45(49,50)51)41(55)35(47)23-29)69-38(26-30-22-34(46(52,53)54)42(56)36(48)24-30)44(66)62-11-7-32(8-12-62)60-19-15-58(16-20-60)28-40(64)68-4-2/h21-24,31-32,37-38H,3-20,25-28,55-56H2,1-2H3/t37-,38-/m0/s1. The van der Waals surface area contributed by atoms with Crippen LogP contribution in [0.2, 0.25) is 10.0 Å². The normalized spacial score (nSPS) is 19.9. The Labute approximate surface area is 408 Å². The summed E-state index contributed by atoms with van der Waals surface area (Å²) in [5.41, 5.74) is 7.47. The summed E-state index contributed by atoms with van der Waals surface area (Å²) in [7, 11) is 0. The number of rotatable bonds is 16. The van der Waals surface area contributed by atoms with Crippen LogP contribution in [0.3, 0.4) is 0 Å². The van der Waals surface area contributed by atoms with Crippen LogP contribution in [-0.2, 0) is 58.6 Å². The number of piperazine rings is 2. The summed E-state index contributed by atoms with van der Waals surface area (Å²) in [5, 5.41) is -0.831. The number of ether oxygens (including phenoxy) is 3. The van der Waals surface area contributed by atoms with Gasteiger partial charge in [-0.25, -0.2) is 0 Å². The van der Waals surface area contributed by atoms with E-state index in [1.54, 1.807) is 13.8 Å². The van der Waals surface area contributed by atoms with Crippen molar-refractivity contribution in [3.05, 3.63) is 56.6 Å². The lowest BCUT2D eigenvalue weighted by molar-refractivity contribution is -0.159. The Hall–Kier alpha value is -4.12. The first-order valence-corrected chi connectivity index (χ1v) is 24.2. The SMILES string of the molecule is CCOC(=O)CN1CCN(C2CCN(C(=O)[C@H](Cc3cc(Cl)c(N)c(C(F)(F)F)c3)O[C@@H](Cc3cc(Cl)c(N)c(C(F)(F)F)c3)C(=O)N3CCC(N4CCN(CC(=O)OCC)CC4)CC3)CC2)CC1. The fourth-order valence-corrected chi connectivity index (χ4v) is 10.2. The molecule has 4 aliphatic rings. The number of piperidine rings is 2. The van der Waals surface area contributed by atoms with Crippen LogP contribution in [0, 0.1) is 0 Å². The average molecular weight is 1020 g/mol. The summed E-state index contributed by atoms with van der Waals surface area (Å²) in [6, 6.07) is 4.10. The van der Waals surface area contributed by atoms with Gasteiger partial charge in [0.05, 0.1) is 58.9 Å². The van der Waals surface area contributed by atoms with E-state index >= 15 is 0 Å². The van der Waals surface area contributed by atoms with Gasteiger partial charge in [0.1, 0.15) is 12.2 Å². The molecule has 23 heteroatoms. The molecule has 15 nitrogen and oxygen atoms in total. The lowest BCUT2D eigenvalue weighted by Crippen LogP contribution is -2.56. The molecule has 2 aromatic rings. The monoisotopic (exact) mass is 1020 g/mol. The van der Waals surface area contributed by atoms with Gasteiger partial charge in [0, 0.05) is 103 Å². The minimum atomic E-state index is -4.91. The summed E-state index contributed by atoms with van der Waals surface area (Å²) >= 11 is 12.5. The number of carbonyl (C=O) groups excluding carboxylic acids is 4. The molecule has 0 aliphatic carbocycles. The zero-order chi connectivity index (χ0) is 50.2. The molecule has 4 heterocycles. The van der Waals surface area contributed by atoms with E-state index in [1.165, 1.54) is 21.9 Å². The van der Waals surface area contributed by atoms with E-state index in [0.29, 0.717) is 91.3 Å². The minimum absolute atomic E-state index is 0.0697. The van der Waals surface area contributed by atoms with Crippen molar-refractivity contribution in [2.45, 2.75) is 89.0 Å². The topological polar surface area (TPSA) is 167 Å². The molecule has 4 saturated heterocycles. The third-order valence-electron chi connectivity index (χ3n) is 13.4. The van der Waals surface area contributed by atoms with E-state index < -0.39 is 81.8 Å². The van der Waals surface area contributed by atoms with E-state index in [9.17, 15) is 45.5 Å². The summed E-state index contributed by atoms with van der Waals surface area (Å²) in [6.45, 7) is 10.7. The highest BCUT2D eigenvalue weighted by Crippen LogP contribution is 2.40. The van der Waals surface area contributed by atoms with E-state index in [0.717, 1.165) is 12.1 Å². The number of alkyl halides is 6. The van der Waals surface area contributed by atoms with Gasteiger partial charge in [-0.2, -0.15) is 26.3 Å². The van der Waals surface area contributed by atoms with Crippen molar-refractivity contribution in [3.63, 3.8) is 0 Å². The molecule has 6 rings (SSSR count). The van der Waals surface area contributed by atoms with E-state index in [2.05, 4.69) is 9.80 Å². The molecule has 0 spiro atoms. The number of nitrogens with two attached hydrogens (primary N) is 2. The first-order valence-electron chi connectivity index (χ1n) is 23.4. The van der Waals surface area contributed by atoms with Crippen LogP contribution in [0.4, 0.5) is 37.7 Å². The van der Waals surface area contributed by atoms with Crippen molar-refractivity contribution in [1.82, 2.24) is 29.4 Å². The highest BCUT2D eigenvalue weighted by molar-refractivity contribution is 6.33. The molecular weight excluding hydrogens is 961 g/mol. The van der Waals surface area contributed by atoms with Crippen molar-refractivity contribution in [2.75, 3.05) is 116 Å². The van der Waals surface area contributed by atoms with Crippen LogP contribution in [-0.4, -0.2) is 182 Å². The van der Waals surface area contributed by atoms with Gasteiger partial charge in [-0.15, -0.1) is 0 Å². The van der Waals surface area contributed by atoms with Gasteiger partial charge < -0.3 is 35.5 Å². The maximum Gasteiger partial charge on any atom is 0.418 e. The van der Waals surface area contributed by atoms with Crippen LogP contribution in [0.5, 0.6) is 0 Å². The van der Waals surface area contributed by atoms with Gasteiger partial charge in [0.25, 0.3) is 11.8 Å². The summed E-state index contributed by atoms with van der Waals surface area (Å²) in [6.07, 6.45) is -11.8. The molecule has 4 aliphatic heterocycles. The van der Waals surface area contributed by atoms with Crippen LogP contribution in [0.25, 0.3) is 0 Å². The number of amides is 2. The van der Waals surface area contributed by atoms with Crippen molar-refractivity contribution < 1.29 is 59.7 Å². The van der Waals surface area contributed by atoms with Gasteiger partial charge in [-0.3, -0.25) is 38.8 Å². The van der Waals surface area contributed by atoms with Gasteiger partial charge in [0.15, 0.2) is 0 Å². The second kappa shape index (κ2) is 23.9. The second-order valence-corrected chi connectivity index (χ2v) is 18.8. The van der Waals surface area contributed by atoms with Gasteiger partial charge in [-0.1, -0.05) is 23.2 Å². The van der Waals surface area contributed by atoms with Crippen LogP contribution in [0.15, 0.2) is 24.3 Å². The molecule has 2 amide bonds. The number of nitrogens with zero attached hydrogens (tertiary/aromatic N) is 6. The maximum absolute atomic E-state index is 14.7. The number of hydrogen-bond donors (Lipinski definition) is 2. The van der Waals surface area contributed by atoms with Crippen LogP contribution < -0.4 is 11.5 Å². The minimum Gasteiger partial charge on any atom is -0.465 e. The number of anilines is 2. The highest BCUT2D eigenvalue weighted by atomic mass is 35.5. The first-order chi connectivity index (χ1) is 32.6. The third kappa shape index (κ3) is 14.5. The smallest absolute Gasteiger partial charge is 0.418 e. The fourth-order valence-electron chi connectivity index (χ4n) is 9.73. The molecule has 0 aromatic heterocycles. The predicted molar refractivity (Wildman–Crippen MR) is 246 cm³/mol. The molecule has 69 heavy (non-hydrogen) atoms. The van der Waals surface area contributed by atoms with Gasteiger partial charge in [-0.05, 0) is 74.9 Å². The number of nitrogen functional groups attached to an aromatic ring is 2. The van der Waals surface area contributed by atoms with Gasteiger partial charge in [0.2, 0.25) is 0 Å². The zero-order valence-electron chi connectivity index (χ0n) is 38.9. The molecule has 0 unspecified atom stereocenters. The largest absolute Gasteiger partial charge is 0.465 e. The van der Waals surface area contributed by atoms with Crippen molar-refractivity contribution in [3.8, 4) is 0 Å². The Morgan fingerprint density at radius 1 is 0.580 bits per heavy atom.